The minimum atomic E-state index is -0.0395. The lowest BCUT2D eigenvalue weighted by Crippen LogP contribution is -2.55. The van der Waals surface area contributed by atoms with Crippen LogP contribution in [0.4, 0.5) is 0 Å². The summed E-state index contributed by atoms with van der Waals surface area (Å²) in [7, 11) is 2.38. The Hall–Kier alpha value is -1.90. The summed E-state index contributed by atoms with van der Waals surface area (Å²) in [4.78, 5) is 2.71. The molecule has 8 rings (SSSR count). The molecule has 2 aromatic rings. The Labute approximate surface area is 210 Å². The van der Waals surface area contributed by atoms with E-state index in [0.717, 1.165) is 6.04 Å². The van der Waals surface area contributed by atoms with Gasteiger partial charge in [0.05, 0.1) is 11.2 Å². The number of fused-ring (bicyclic) bond motifs is 2. The summed E-state index contributed by atoms with van der Waals surface area (Å²) >= 11 is 0. The molecule has 2 nitrogen and oxygen atoms in total. The van der Waals surface area contributed by atoms with Crippen LogP contribution in [0, 0.1) is 11.3 Å². The van der Waals surface area contributed by atoms with Crippen LogP contribution < -0.4 is 0 Å². The van der Waals surface area contributed by atoms with Crippen LogP contribution in [0.3, 0.4) is 0 Å². The van der Waals surface area contributed by atoms with Crippen LogP contribution in [-0.4, -0.2) is 35.2 Å². The number of ether oxygens (including phenoxy) is 1. The minimum absolute atomic E-state index is 0.0166. The van der Waals surface area contributed by atoms with Gasteiger partial charge in [-0.1, -0.05) is 61.5 Å². The van der Waals surface area contributed by atoms with Crippen LogP contribution in [0.5, 0.6) is 0 Å². The number of rotatable bonds is 3. The van der Waals surface area contributed by atoms with Crippen molar-refractivity contribution in [3.05, 3.63) is 71.3 Å². The Morgan fingerprint density at radius 2 is 1.77 bits per heavy atom. The van der Waals surface area contributed by atoms with Gasteiger partial charge in [0.15, 0.2) is 0 Å². The normalized spacial score (nSPS) is 41.9. The minimum Gasteiger partial charge on any atom is -0.359 e. The Kier molecular flexibility index (Phi) is 4.31. The van der Waals surface area contributed by atoms with Crippen molar-refractivity contribution in [1.82, 2.24) is 4.90 Å². The predicted octanol–water partition coefficient (Wildman–Crippen LogP) is 7.54. The number of allylic oxidation sites excluding steroid dienone is 1. The first-order valence-electron chi connectivity index (χ1n) is 14.3. The summed E-state index contributed by atoms with van der Waals surface area (Å²) in [5.74, 6) is 1.25. The summed E-state index contributed by atoms with van der Waals surface area (Å²) in [5, 5.41) is 2.74. The molecular formula is C33H39NO. The molecule has 2 heterocycles. The second kappa shape index (κ2) is 7.11. The lowest BCUT2D eigenvalue weighted by Gasteiger charge is -2.55. The van der Waals surface area contributed by atoms with Crippen molar-refractivity contribution in [2.75, 3.05) is 7.05 Å². The molecule has 2 aliphatic heterocycles. The molecule has 2 spiro atoms. The zero-order valence-electron chi connectivity index (χ0n) is 21.4. The standard InChI is InChI=1S/C33H39NO/c1-31-16-15-26-20-25-9-10-28(34(2)27-11-12-27)21-32(25)17-18-33(26,35-32)30(31)14-13-29(31)24-8-7-22-5-3-4-6-23(22)19-24/h3-8,15,19-20,27-30H,9-14,16-18,21H2,1-2H3/t28-,29?,30+,31+,32+,33?/m0/s1. The zero-order chi connectivity index (χ0) is 23.4. The first-order valence-corrected chi connectivity index (χ1v) is 14.3. The molecule has 3 saturated carbocycles. The molecule has 35 heavy (non-hydrogen) atoms. The van der Waals surface area contributed by atoms with Crippen molar-refractivity contribution in [2.45, 2.75) is 100 Å². The van der Waals surface area contributed by atoms with Crippen LogP contribution in [0.2, 0.25) is 0 Å². The van der Waals surface area contributed by atoms with Crippen molar-refractivity contribution in [2.24, 2.45) is 11.3 Å². The van der Waals surface area contributed by atoms with Gasteiger partial charge in [0.2, 0.25) is 0 Å². The maximum absolute atomic E-state index is 7.53. The SMILES string of the molecule is CN(C1CC1)[C@H]1CCC2=CC3=CC[C@]4(C)C(c5ccc6ccccc6c5)CC[C@H]4C34CC[C@]2(C1)O4. The van der Waals surface area contributed by atoms with Crippen LogP contribution in [0.25, 0.3) is 10.8 Å². The average molecular weight is 466 g/mol. The van der Waals surface area contributed by atoms with E-state index in [0.29, 0.717) is 17.9 Å². The molecule has 4 fully saturated rings. The summed E-state index contributed by atoms with van der Waals surface area (Å²) in [6.07, 6.45) is 18.1. The Morgan fingerprint density at radius 3 is 2.63 bits per heavy atom. The second-order valence-electron chi connectivity index (χ2n) is 13.1. The third kappa shape index (κ3) is 2.85. The van der Waals surface area contributed by atoms with E-state index < -0.39 is 0 Å². The van der Waals surface area contributed by atoms with Crippen LogP contribution in [0.15, 0.2) is 65.8 Å². The first-order chi connectivity index (χ1) is 17.0. The van der Waals surface area contributed by atoms with Crippen molar-refractivity contribution in [3.8, 4) is 0 Å². The van der Waals surface area contributed by atoms with Crippen molar-refractivity contribution in [3.63, 3.8) is 0 Å². The lowest BCUT2D eigenvalue weighted by molar-refractivity contribution is -0.140. The highest BCUT2D eigenvalue weighted by Crippen LogP contribution is 2.69. The molecule has 6 atom stereocenters. The van der Waals surface area contributed by atoms with Crippen molar-refractivity contribution >= 4 is 10.8 Å². The molecular weight excluding hydrogens is 426 g/mol. The zero-order valence-corrected chi connectivity index (χ0v) is 21.4. The smallest absolute Gasteiger partial charge is 0.0974 e. The van der Waals surface area contributed by atoms with E-state index in [1.807, 2.05) is 0 Å². The van der Waals surface area contributed by atoms with Gasteiger partial charge < -0.3 is 9.64 Å². The van der Waals surface area contributed by atoms with Gasteiger partial charge in [-0.3, -0.25) is 0 Å². The number of benzene rings is 2. The van der Waals surface area contributed by atoms with Gasteiger partial charge in [0.1, 0.15) is 0 Å². The number of hydrogen-bond acceptors (Lipinski definition) is 2. The maximum Gasteiger partial charge on any atom is 0.0974 e. The Morgan fingerprint density at radius 1 is 0.914 bits per heavy atom. The fourth-order valence-corrected chi connectivity index (χ4v) is 9.48. The lowest BCUT2D eigenvalue weighted by atomic mass is 9.58. The summed E-state index contributed by atoms with van der Waals surface area (Å²) in [5.41, 5.74) is 4.98. The highest BCUT2D eigenvalue weighted by molar-refractivity contribution is 5.83. The molecule has 1 saturated heterocycles. The van der Waals surface area contributed by atoms with E-state index in [-0.39, 0.29) is 16.6 Å². The largest absolute Gasteiger partial charge is 0.359 e. The molecule has 0 radical (unpaired) electrons. The maximum atomic E-state index is 7.53. The second-order valence-corrected chi connectivity index (χ2v) is 13.1. The molecule has 0 aromatic heterocycles. The summed E-state index contributed by atoms with van der Waals surface area (Å²) in [6.45, 7) is 2.60. The fraction of sp³-hybridized carbons (Fsp3) is 0.576. The van der Waals surface area contributed by atoms with E-state index in [1.165, 1.54) is 75.0 Å². The molecule has 0 amide bonds. The van der Waals surface area contributed by atoms with Crippen LogP contribution in [0.1, 0.15) is 82.6 Å². The monoisotopic (exact) mass is 465 g/mol. The molecule has 6 aliphatic rings. The molecule has 2 unspecified atom stereocenters. The van der Waals surface area contributed by atoms with Crippen LogP contribution >= 0.6 is 0 Å². The van der Waals surface area contributed by atoms with Crippen molar-refractivity contribution in [1.29, 1.82) is 0 Å². The highest BCUT2D eigenvalue weighted by atomic mass is 16.5. The molecule has 4 aliphatic carbocycles. The Bertz CT molecular complexity index is 1270. The van der Waals surface area contributed by atoms with E-state index in [9.17, 15) is 0 Å². The van der Waals surface area contributed by atoms with Gasteiger partial charge in [0, 0.05) is 12.1 Å². The van der Waals surface area contributed by atoms with E-state index in [1.54, 1.807) is 16.7 Å². The average Bonchev–Trinajstić information content (AvgIpc) is 3.60. The molecule has 2 aromatic carbocycles. The molecule has 0 N–H and O–H groups in total. The van der Waals surface area contributed by atoms with Gasteiger partial charge in [-0.15, -0.1) is 0 Å². The third-order valence-corrected chi connectivity index (χ3v) is 11.5. The van der Waals surface area contributed by atoms with Gasteiger partial charge in [0.25, 0.3) is 0 Å². The number of hydrogen-bond donors (Lipinski definition) is 0. The molecule has 2 heteroatoms. The number of nitrogens with zero attached hydrogens (tertiary/aromatic N) is 1. The van der Waals surface area contributed by atoms with E-state index in [2.05, 4.69) is 73.5 Å². The summed E-state index contributed by atoms with van der Waals surface area (Å²) < 4.78 is 7.53. The van der Waals surface area contributed by atoms with Gasteiger partial charge in [-0.25, -0.2) is 0 Å². The topological polar surface area (TPSA) is 12.5 Å². The Balaban J connectivity index is 1.15. The molecule has 182 valence electrons. The highest BCUT2D eigenvalue weighted by Gasteiger charge is 2.66. The fourth-order valence-electron chi connectivity index (χ4n) is 9.48. The van der Waals surface area contributed by atoms with E-state index >= 15 is 0 Å². The third-order valence-electron chi connectivity index (χ3n) is 11.5. The predicted molar refractivity (Wildman–Crippen MR) is 143 cm³/mol. The molecule has 2 bridgehead atoms. The van der Waals surface area contributed by atoms with Gasteiger partial charge in [-0.2, -0.15) is 0 Å². The quantitative estimate of drug-likeness (QED) is 0.464. The van der Waals surface area contributed by atoms with Gasteiger partial charge in [-0.05, 0) is 116 Å². The van der Waals surface area contributed by atoms with E-state index in [4.69, 9.17) is 4.74 Å². The van der Waals surface area contributed by atoms with Crippen molar-refractivity contribution < 1.29 is 4.74 Å². The first kappa shape index (κ1) is 21.2. The van der Waals surface area contributed by atoms with Gasteiger partial charge >= 0.3 is 0 Å². The van der Waals surface area contributed by atoms with Crippen LogP contribution in [-0.2, 0) is 4.74 Å². The summed E-state index contributed by atoms with van der Waals surface area (Å²) in [6, 6.07) is 17.6.